The number of hydrogen-bond donors (Lipinski definition) is 1. The van der Waals surface area contributed by atoms with Gasteiger partial charge >= 0.3 is 5.97 Å². The minimum atomic E-state index is -0.530. The molecule has 9 nitrogen and oxygen atoms in total. The largest absolute Gasteiger partial charge is 0.462 e. The van der Waals surface area contributed by atoms with Crippen molar-refractivity contribution in [1.29, 1.82) is 0 Å². The summed E-state index contributed by atoms with van der Waals surface area (Å²) in [5.41, 5.74) is 2.79. The average Bonchev–Trinajstić information content (AvgIpc) is 3.10. The number of ether oxygens (including phenoxy) is 1. The van der Waals surface area contributed by atoms with E-state index >= 15 is 0 Å². The summed E-state index contributed by atoms with van der Waals surface area (Å²) in [5, 5.41) is 3.31. The highest BCUT2D eigenvalue weighted by Gasteiger charge is 2.39. The molecule has 1 atom stereocenters. The molecule has 2 aliphatic rings. The monoisotopic (exact) mass is 465 g/mol. The number of aromatic nitrogens is 2. The van der Waals surface area contributed by atoms with E-state index in [0.29, 0.717) is 23.7 Å². The first-order valence-electron chi connectivity index (χ1n) is 11.8. The van der Waals surface area contributed by atoms with Gasteiger partial charge in [0.2, 0.25) is 11.9 Å². The van der Waals surface area contributed by atoms with Gasteiger partial charge in [0.05, 0.1) is 30.3 Å². The number of esters is 1. The fraction of sp³-hybridized carbons (Fsp3) is 0.480. The summed E-state index contributed by atoms with van der Waals surface area (Å²) in [6.45, 7) is 8.40. The minimum absolute atomic E-state index is 0.133. The number of carbonyl (C=O) groups is 3. The van der Waals surface area contributed by atoms with Gasteiger partial charge in [-0.3, -0.25) is 9.59 Å². The second-order valence-electron chi connectivity index (χ2n) is 8.88. The van der Waals surface area contributed by atoms with Crippen molar-refractivity contribution in [2.24, 2.45) is 5.92 Å². The minimum Gasteiger partial charge on any atom is -0.462 e. The van der Waals surface area contributed by atoms with Crippen molar-refractivity contribution in [1.82, 2.24) is 15.3 Å². The van der Waals surface area contributed by atoms with Crippen LogP contribution in [0.4, 0.5) is 11.6 Å². The van der Waals surface area contributed by atoms with Gasteiger partial charge in [0.15, 0.2) is 0 Å². The lowest BCUT2D eigenvalue weighted by atomic mass is 9.96. The molecule has 2 saturated heterocycles. The molecule has 3 heterocycles. The van der Waals surface area contributed by atoms with Crippen LogP contribution in [-0.4, -0.2) is 60.0 Å². The molecular formula is C25H31N5O4. The van der Waals surface area contributed by atoms with Gasteiger partial charge in [-0.05, 0) is 76.4 Å². The zero-order valence-corrected chi connectivity index (χ0v) is 19.9. The molecule has 1 aromatic carbocycles. The van der Waals surface area contributed by atoms with Crippen LogP contribution in [0.15, 0.2) is 30.3 Å². The zero-order chi connectivity index (χ0) is 24.2. The van der Waals surface area contributed by atoms with Crippen molar-refractivity contribution in [3.8, 4) is 0 Å². The van der Waals surface area contributed by atoms with Crippen LogP contribution >= 0.6 is 0 Å². The fourth-order valence-electron chi connectivity index (χ4n) is 4.52. The standard InChI is InChI=1S/C25H31N5O4/c1-4-34-24(33)19-5-7-20(8-6-19)30-22(31)14-21(23(30)32)26-15-18-9-11-29(12-10-18)25-27-16(2)13-17(3)28-25/h5-8,13,18,21,26H,4,9-12,14-15H2,1-3H3/t21-/m0/s1. The Balaban J connectivity index is 1.30. The molecule has 34 heavy (non-hydrogen) atoms. The maximum atomic E-state index is 12.9. The Bertz CT molecular complexity index is 1040. The molecule has 2 fully saturated rings. The number of anilines is 2. The Hall–Kier alpha value is -3.33. The number of rotatable bonds is 7. The highest BCUT2D eigenvalue weighted by molar-refractivity contribution is 6.22. The Morgan fingerprint density at radius 1 is 1.09 bits per heavy atom. The molecule has 9 heteroatoms. The molecule has 1 N–H and O–H groups in total. The molecular weight excluding hydrogens is 434 g/mol. The maximum Gasteiger partial charge on any atom is 0.338 e. The van der Waals surface area contributed by atoms with E-state index < -0.39 is 12.0 Å². The van der Waals surface area contributed by atoms with E-state index in [4.69, 9.17) is 4.74 Å². The molecule has 0 aliphatic carbocycles. The van der Waals surface area contributed by atoms with Crippen molar-refractivity contribution >= 4 is 29.4 Å². The summed E-state index contributed by atoms with van der Waals surface area (Å²) >= 11 is 0. The quantitative estimate of drug-likeness (QED) is 0.491. The molecule has 2 amide bonds. The molecule has 4 rings (SSSR count). The van der Waals surface area contributed by atoms with Gasteiger partial charge in [-0.1, -0.05) is 0 Å². The third-order valence-corrected chi connectivity index (χ3v) is 6.30. The van der Waals surface area contributed by atoms with Gasteiger partial charge in [0, 0.05) is 24.5 Å². The second-order valence-corrected chi connectivity index (χ2v) is 8.88. The van der Waals surface area contributed by atoms with E-state index in [1.54, 1.807) is 31.2 Å². The van der Waals surface area contributed by atoms with Crippen LogP contribution in [0.3, 0.4) is 0 Å². The first-order valence-corrected chi connectivity index (χ1v) is 11.8. The van der Waals surface area contributed by atoms with Crippen LogP contribution in [-0.2, 0) is 14.3 Å². The Morgan fingerprint density at radius 2 is 1.74 bits per heavy atom. The van der Waals surface area contributed by atoms with E-state index in [1.165, 1.54) is 4.90 Å². The van der Waals surface area contributed by atoms with Crippen molar-refractivity contribution in [3.05, 3.63) is 47.3 Å². The third-order valence-electron chi connectivity index (χ3n) is 6.30. The number of imide groups is 1. The molecule has 0 saturated carbocycles. The summed E-state index contributed by atoms with van der Waals surface area (Å²) in [5.74, 6) is 0.277. The van der Waals surface area contributed by atoms with Gasteiger partial charge in [0.25, 0.3) is 5.91 Å². The van der Waals surface area contributed by atoms with Crippen LogP contribution in [0.5, 0.6) is 0 Å². The Morgan fingerprint density at radius 3 is 2.35 bits per heavy atom. The molecule has 1 aromatic heterocycles. The smallest absolute Gasteiger partial charge is 0.338 e. The number of nitrogens with zero attached hydrogens (tertiary/aromatic N) is 4. The number of piperidine rings is 1. The first-order chi connectivity index (χ1) is 16.4. The third kappa shape index (κ3) is 5.25. The summed E-state index contributed by atoms with van der Waals surface area (Å²) in [4.78, 5) is 49.9. The topological polar surface area (TPSA) is 105 Å². The number of carbonyl (C=O) groups excluding carboxylic acids is 3. The number of amides is 2. The molecule has 2 aliphatic heterocycles. The second kappa shape index (κ2) is 10.3. The van der Waals surface area contributed by atoms with Crippen molar-refractivity contribution < 1.29 is 19.1 Å². The predicted octanol–water partition coefficient (Wildman–Crippen LogP) is 2.41. The number of hydrogen-bond acceptors (Lipinski definition) is 8. The highest BCUT2D eigenvalue weighted by Crippen LogP contribution is 2.25. The lowest BCUT2D eigenvalue weighted by Gasteiger charge is -2.32. The zero-order valence-electron chi connectivity index (χ0n) is 19.9. The Labute approximate surface area is 199 Å². The van der Waals surface area contributed by atoms with E-state index in [-0.39, 0.29) is 24.8 Å². The fourth-order valence-corrected chi connectivity index (χ4v) is 4.52. The van der Waals surface area contributed by atoms with Crippen LogP contribution in [0.2, 0.25) is 0 Å². The molecule has 2 aromatic rings. The number of benzene rings is 1. The van der Waals surface area contributed by atoms with Crippen molar-refractivity contribution in [3.63, 3.8) is 0 Å². The molecule has 0 spiro atoms. The Kier molecular flexibility index (Phi) is 7.21. The highest BCUT2D eigenvalue weighted by atomic mass is 16.5. The molecule has 180 valence electrons. The first kappa shape index (κ1) is 23.8. The average molecular weight is 466 g/mol. The maximum absolute atomic E-state index is 12.9. The summed E-state index contributed by atoms with van der Waals surface area (Å²) in [7, 11) is 0. The lowest BCUT2D eigenvalue weighted by molar-refractivity contribution is -0.121. The van der Waals surface area contributed by atoms with Crippen LogP contribution in [0.25, 0.3) is 0 Å². The van der Waals surface area contributed by atoms with E-state index in [2.05, 4.69) is 20.2 Å². The van der Waals surface area contributed by atoms with Gasteiger partial charge in [-0.25, -0.2) is 19.7 Å². The lowest BCUT2D eigenvalue weighted by Crippen LogP contribution is -2.43. The predicted molar refractivity (Wildman–Crippen MR) is 128 cm³/mol. The number of nitrogens with one attached hydrogen (secondary N) is 1. The SMILES string of the molecule is CCOC(=O)c1ccc(N2C(=O)C[C@H](NCC3CCN(c4nc(C)cc(C)n4)CC3)C2=O)cc1. The van der Waals surface area contributed by atoms with Crippen molar-refractivity contribution in [2.45, 2.75) is 46.1 Å². The summed E-state index contributed by atoms with van der Waals surface area (Å²) in [6, 6.07) is 7.80. The molecule has 0 radical (unpaired) electrons. The van der Waals surface area contributed by atoms with Crippen LogP contribution < -0.4 is 15.1 Å². The van der Waals surface area contributed by atoms with Gasteiger partial charge in [0.1, 0.15) is 0 Å². The van der Waals surface area contributed by atoms with Crippen molar-refractivity contribution in [2.75, 3.05) is 36.0 Å². The molecule has 0 unspecified atom stereocenters. The normalized spacial score (nSPS) is 19.1. The van der Waals surface area contributed by atoms with Gasteiger partial charge in [-0.15, -0.1) is 0 Å². The summed E-state index contributed by atoms with van der Waals surface area (Å²) < 4.78 is 4.98. The van der Waals surface area contributed by atoms with Gasteiger partial charge < -0.3 is 15.0 Å². The summed E-state index contributed by atoms with van der Waals surface area (Å²) in [6.07, 6.45) is 2.07. The van der Waals surface area contributed by atoms with Crippen LogP contribution in [0.1, 0.15) is 47.9 Å². The van der Waals surface area contributed by atoms with Gasteiger partial charge in [-0.2, -0.15) is 0 Å². The van der Waals surface area contributed by atoms with E-state index in [1.807, 2.05) is 19.9 Å². The van der Waals surface area contributed by atoms with Crippen LogP contribution in [0, 0.1) is 19.8 Å². The van der Waals surface area contributed by atoms with E-state index in [0.717, 1.165) is 43.3 Å². The molecule has 0 bridgehead atoms. The van der Waals surface area contributed by atoms with E-state index in [9.17, 15) is 14.4 Å². The number of aryl methyl sites for hydroxylation is 2.